The smallest absolute Gasteiger partial charge is 0.659 e. The van der Waals surface area contributed by atoms with E-state index in [2.05, 4.69) is 9.78 Å². The van der Waals surface area contributed by atoms with Gasteiger partial charge in [0.05, 0.1) is 0 Å². The van der Waals surface area contributed by atoms with Gasteiger partial charge in [-0.2, -0.15) is 0 Å². The topological polar surface area (TPSA) is 139 Å². The Morgan fingerprint density at radius 1 is 1.00 bits per heavy atom. The maximum atomic E-state index is 8.83. The fourth-order valence-corrected chi connectivity index (χ4v) is 0. The third-order valence-electron chi connectivity index (χ3n) is 0.143. The molecule has 0 amide bonds. The number of hydrogen-bond donors (Lipinski definition) is 2. The molecular weight excluding hydrogens is 192 g/mol. The van der Waals surface area contributed by atoms with E-state index in [-0.39, 0.29) is 37.7 Å². The molecule has 0 heterocycles. The van der Waals surface area contributed by atoms with E-state index in [1.165, 1.54) is 0 Å². The molecule has 0 aliphatic heterocycles. The molecule has 0 unspecified atom stereocenters. The maximum absolute atomic E-state index is 8.83. The van der Waals surface area contributed by atoms with E-state index in [4.69, 9.17) is 30.3 Å². The SMILES string of the molecule is O=C(O)O[O-].O=C(O)O[O-].[Ca+2]. The Morgan fingerprint density at radius 3 is 1.09 bits per heavy atom. The van der Waals surface area contributed by atoms with Crippen LogP contribution in [0.25, 0.3) is 0 Å². The van der Waals surface area contributed by atoms with Gasteiger partial charge in [-0.25, -0.2) is 9.59 Å². The summed E-state index contributed by atoms with van der Waals surface area (Å²) in [7, 11) is 0. The van der Waals surface area contributed by atoms with Crippen LogP contribution in [-0.2, 0) is 9.78 Å². The second kappa shape index (κ2) is 12.4. The molecule has 0 saturated heterocycles. The van der Waals surface area contributed by atoms with Crippen LogP contribution in [-0.4, -0.2) is 60.3 Å². The summed E-state index contributed by atoms with van der Waals surface area (Å²) in [5.74, 6) is 0. The van der Waals surface area contributed by atoms with Crippen molar-refractivity contribution in [1.82, 2.24) is 0 Å². The van der Waals surface area contributed by atoms with Crippen LogP contribution in [0.2, 0.25) is 0 Å². The molecule has 0 fully saturated rings. The number of rotatable bonds is 0. The van der Waals surface area contributed by atoms with Crippen LogP contribution in [0.5, 0.6) is 0 Å². The van der Waals surface area contributed by atoms with Crippen molar-refractivity contribution >= 4 is 50.0 Å². The van der Waals surface area contributed by atoms with Gasteiger partial charge in [0.25, 0.3) is 0 Å². The molecule has 0 aliphatic carbocycles. The normalized spacial score (nSPS) is 6.00. The Hall–Kier alpha value is -0.280. The molecule has 0 aromatic carbocycles. The zero-order chi connectivity index (χ0) is 8.57. The second-order valence-corrected chi connectivity index (χ2v) is 0.698. The summed E-state index contributed by atoms with van der Waals surface area (Å²) < 4.78 is 0. The first-order valence-electron chi connectivity index (χ1n) is 1.60. The molecule has 8 nitrogen and oxygen atoms in total. The minimum absolute atomic E-state index is 0. The predicted molar refractivity (Wildman–Crippen MR) is 24.0 cm³/mol. The third-order valence-corrected chi connectivity index (χ3v) is 0.143. The molecule has 0 saturated carbocycles. The van der Waals surface area contributed by atoms with Gasteiger partial charge in [0, 0.05) is 0 Å². The zero-order valence-electron chi connectivity index (χ0n) is 5.05. The standard InChI is InChI=1S/2CH2O4.Ca/c2*2-1(3)5-4;/h2*4H,(H,2,3);/q;;+2/p-2. The molecule has 2 N–H and O–H groups in total. The van der Waals surface area contributed by atoms with Crippen molar-refractivity contribution in [1.29, 1.82) is 0 Å². The first-order valence-corrected chi connectivity index (χ1v) is 1.60. The molecule has 0 aliphatic rings. The molecule has 11 heavy (non-hydrogen) atoms. The summed E-state index contributed by atoms with van der Waals surface area (Å²) in [4.78, 5) is 22.5. The molecule has 0 spiro atoms. The van der Waals surface area contributed by atoms with Gasteiger partial charge >= 0.3 is 50.0 Å². The molecular formula is C2H2CaO8. The summed E-state index contributed by atoms with van der Waals surface area (Å²) in [5.41, 5.74) is 0. The van der Waals surface area contributed by atoms with Gasteiger partial charge in [0.15, 0.2) is 0 Å². The van der Waals surface area contributed by atoms with Crippen molar-refractivity contribution in [2.24, 2.45) is 0 Å². The van der Waals surface area contributed by atoms with Crippen LogP contribution in [0.15, 0.2) is 0 Å². The largest absolute Gasteiger partial charge is 2.00 e. The first kappa shape index (κ1) is 17.0. The monoisotopic (exact) mass is 194 g/mol. The van der Waals surface area contributed by atoms with Gasteiger partial charge in [-0.1, -0.05) is 0 Å². The van der Waals surface area contributed by atoms with Gasteiger partial charge in [0.1, 0.15) is 0 Å². The van der Waals surface area contributed by atoms with E-state index in [0.29, 0.717) is 0 Å². The Labute approximate surface area is 89.8 Å². The summed E-state index contributed by atoms with van der Waals surface area (Å²) in [5, 5.41) is 31.4. The van der Waals surface area contributed by atoms with Crippen LogP contribution in [0.3, 0.4) is 0 Å². The van der Waals surface area contributed by atoms with E-state index in [1.807, 2.05) is 0 Å². The molecule has 0 atom stereocenters. The fourth-order valence-electron chi connectivity index (χ4n) is 0. The van der Waals surface area contributed by atoms with Crippen LogP contribution in [0.4, 0.5) is 9.59 Å². The van der Waals surface area contributed by atoms with Crippen molar-refractivity contribution in [3.63, 3.8) is 0 Å². The van der Waals surface area contributed by atoms with Gasteiger partial charge in [-0.3, -0.25) is 0 Å². The number of carbonyl (C=O) groups is 2. The van der Waals surface area contributed by atoms with Gasteiger partial charge < -0.3 is 30.5 Å². The Bertz CT molecular complexity index is 96.7. The summed E-state index contributed by atoms with van der Waals surface area (Å²) >= 11 is 0. The summed E-state index contributed by atoms with van der Waals surface area (Å²) in [6.07, 6.45) is -3.60. The molecule has 60 valence electrons. The molecule has 0 rings (SSSR count). The predicted octanol–water partition coefficient (Wildman–Crippen LogP) is -2.47. The molecule has 0 aromatic heterocycles. The van der Waals surface area contributed by atoms with E-state index in [0.717, 1.165) is 0 Å². The number of hydrogen-bond acceptors (Lipinski definition) is 6. The van der Waals surface area contributed by atoms with Gasteiger partial charge in [0.2, 0.25) is 0 Å². The van der Waals surface area contributed by atoms with Crippen LogP contribution < -0.4 is 10.5 Å². The van der Waals surface area contributed by atoms with Crippen molar-refractivity contribution in [3.05, 3.63) is 0 Å². The molecule has 0 aromatic rings. The molecule has 9 heteroatoms. The van der Waals surface area contributed by atoms with Crippen LogP contribution in [0.1, 0.15) is 0 Å². The summed E-state index contributed by atoms with van der Waals surface area (Å²) in [6, 6.07) is 0. The fraction of sp³-hybridized carbons (Fsp3) is 0. The summed E-state index contributed by atoms with van der Waals surface area (Å²) in [6.45, 7) is 0. The first-order chi connectivity index (χ1) is 4.54. The molecule has 0 radical (unpaired) electrons. The van der Waals surface area contributed by atoms with Crippen LogP contribution in [0, 0.1) is 0 Å². The second-order valence-electron chi connectivity index (χ2n) is 0.698. The van der Waals surface area contributed by atoms with Crippen molar-refractivity contribution < 1.29 is 40.1 Å². The molecule has 0 bridgehead atoms. The van der Waals surface area contributed by atoms with E-state index in [9.17, 15) is 0 Å². The van der Waals surface area contributed by atoms with Gasteiger partial charge in [-0.05, 0) is 0 Å². The maximum Gasteiger partial charge on any atom is 2.00 e. The van der Waals surface area contributed by atoms with E-state index in [1.54, 1.807) is 0 Å². The minimum atomic E-state index is -1.80. The average Bonchev–Trinajstić information content (AvgIpc) is 1.89. The number of carboxylic acid groups (broad SMARTS) is 2. The van der Waals surface area contributed by atoms with Crippen molar-refractivity contribution in [2.45, 2.75) is 0 Å². The Balaban J connectivity index is -0.000000107. The average molecular weight is 194 g/mol. The van der Waals surface area contributed by atoms with Crippen molar-refractivity contribution in [3.8, 4) is 0 Å². The Kier molecular flexibility index (Phi) is 19.2. The van der Waals surface area contributed by atoms with Crippen molar-refractivity contribution in [2.75, 3.05) is 0 Å². The third kappa shape index (κ3) is 41.9. The van der Waals surface area contributed by atoms with E-state index < -0.39 is 12.3 Å². The Morgan fingerprint density at radius 2 is 1.09 bits per heavy atom. The van der Waals surface area contributed by atoms with Gasteiger partial charge in [-0.15, -0.1) is 0 Å². The van der Waals surface area contributed by atoms with Crippen LogP contribution >= 0.6 is 0 Å². The van der Waals surface area contributed by atoms with E-state index >= 15 is 0 Å². The zero-order valence-corrected chi connectivity index (χ0v) is 7.26. The minimum Gasteiger partial charge on any atom is -0.659 e. The quantitative estimate of drug-likeness (QED) is 0.245.